The fourth-order valence-electron chi connectivity index (χ4n) is 2.48. The molecule has 0 aliphatic carbocycles. The molecule has 2 rings (SSSR count). The normalized spacial score (nSPS) is 15.6. The lowest BCUT2D eigenvalue weighted by molar-refractivity contribution is 0.0486. The van der Waals surface area contributed by atoms with Crippen LogP contribution in [-0.2, 0) is 4.74 Å². The number of amides is 3. The van der Waals surface area contributed by atoms with E-state index >= 15 is 0 Å². The molecule has 0 aromatic heterocycles. The molecule has 0 unspecified atom stereocenters. The molecule has 1 aromatic rings. The largest absolute Gasteiger partial charge is 0.444 e. The number of urea groups is 1. The maximum atomic E-state index is 13.5. The van der Waals surface area contributed by atoms with E-state index < -0.39 is 17.5 Å². The van der Waals surface area contributed by atoms with Crippen molar-refractivity contribution in [3.63, 3.8) is 0 Å². The second-order valence-corrected chi connectivity index (χ2v) is 7.82. The van der Waals surface area contributed by atoms with E-state index in [1.54, 1.807) is 17.0 Å². The van der Waals surface area contributed by atoms with Gasteiger partial charge in [0.1, 0.15) is 11.4 Å². The molecule has 1 fully saturated rings. The molecule has 1 aliphatic heterocycles. The number of benzene rings is 1. The van der Waals surface area contributed by atoms with Crippen LogP contribution in [0.25, 0.3) is 0 Å². The molecule has 1 heterocycles. The summed E-state index contributed by atoms with van der Waals surface area (Å²) in [4.78, 5) is 25.7. The molecule has 0 spiro atoms. The van der Waals surface area contributed by atoms with Crippen molar-refractivity contribution in [3.05, 3.63) is 28.5 Å². The molecule has 138 valence electrons. The standard InChI is InChI=1S/C17H23BrFN3O3/c1-17(2,3)25-16(24)21-11-6-8-22(9-7-11)15(23)20-12-4-5-13(18)14(19)10-12/h4-5,10-11H,6-9H2,1-3H3,(H,20,23)(H,21,24). The molecule has 25 heavy (non-hydrogen) atoms. The smallest absolute Gasteiger partial charge is 0.407 e. The first-order valence-corrected chi connectivity index (χ1v) is 8.94. The van der Waals surface area contributed by atoms with Crippen LogP contribution in [0.3, 0.4) is 0 Å². The summed E-state index contributed by atoms with van der Waals surface area (Å²) in [6.45, 7) is 6.44. The number of likely N-dealkylation sites (tertiary alicyclic amines) is 1. The molecule has 3 amide bonds. The van der Waals surface area contributed by atoms with Crippen molar-refractivity contribution in [3.8, 4) is 0 Å². The van der Waals surface area contributed by atoms with Gasteiger partial charge in [-0.05, 0) is 67.7 Å². The minimum atomic E-state index is -0.537. The maximum absolute atomic E-state index is 13.5. The first-order valence-electron chi connectivity index (χ1n) is 8.14. The molecule has 0 saturated carbocycles. The molecule has 6 nitrogen and oxygen atoms in total. The lowest BCUT2D eigenvalue weighted by Crippen LogP contribution is -2.48. The number of rotatable bonds is 2. The average molecular weight is 416 g/mol. The molecule has 2 N–H and O–H groups in total. The van der Waals surface area contributed by atoms with Crippen molar-refractivity contribution in [1.29, 1.82) is 0 Å². The van der Waals surface area contributed by atoms with E-state index in [0.717, 1.165) is 0 Å². The van der Waals surface area contributed by atoms with Crippen LogP contribution in [0.5, 0.6) is 0 Å². The molecule has 1 aromatic carbocycles. The van der Waals surface area contributed by atoms with Crippen LogP contribution in [-0.4, -0.2) is 41.8 Å². The Labute approximate surface area is 155 Å². The van der Waals surface area contributed by atoms with Crippen molar-refractivity contribution in [2.75, 3.05) is 18.4 Å². The van der Waals surface area contributed by atoms with Gasteiger partial charge in [0.25, 0.3) is 0 Å². The summed E-state index contributed by atoms with van der Waals surface area (Å²) < 4.78 is 19.1. The number of anilines is 1. The van der Waals surface area contributed by atoms with Gasteiger partial charge in [0.05, 0.1) is 4.47 Å². The highest BCUT2D eigenvalue weighted by molar-refractivity contribution is 9.10. The number of nitrogens with one attached hydrogen (secondary N) is 2. The second-order valence-electron chi connectivity index (χ2n) is 6.97. The molecule has 0 bridgehead atoms. The summed E-state index contributed by atoms with van der Waals surface area (Å²) in [5.74, 6) is -0.432. The van der Waals surface area contributed by atoms with Crippen molar-refractivity contribution < 1.29 is 18.7 Å². The molecular weight excluding hydrogens is 393 g/mol. The fraction of sp³-hybridized carbons (Fsp3) is 0.529. The minimum absolute atomic E-state index is 0.0241. The number of halogens is 2. The lowest BCUT2D eigenvalue weighted by atomic mass is 10.1. The summed E-state index contributed by atoms with van der Waals surface area (Å²) in [6, 6.07) is 4.13. The van der Waals surface area contributed by atoms with Gasteiger partial charge in [0.2, 0.25) is 0 Å². The molecule has 0 atom stereocenters. The third-order valence-corrected chi connectivity index (χ3v) is 4.32. The molecule has 8 heteroatoms. The summed E-state index contributed by atoms with van der Waals surface area (Å²) in [6.07, 6.45) is 0.837. The molecule has 1 aliphatic rings. The van der Waals surface area contributed by atoms with Crippen LogP contribution >= 0.6 is 15.9 Å². The van der Waals surface area contributed by atoms with Crippen molar-refractivity contribution in [2.24, 2.45) is 0 Å². The van der Waals surface area contributed by atoms with Gasteiger partial charge < -0.3 is 20.3 Å². The quantitative estimate of drug-likeness (QED) is 0.763. The first-order chi connectivity index (χ1) is 11.6. The Morgan fingerprint density at radius 1 is 1.28 bits per heavy atom. The number of carbonyl (C=O) groups excluding carboxylic acids is 2. The zero-order chi connectivity index (χ0) is 18.6. The van der Waals surface area contributed by atoms with E-state index in [1.165, 1.54) is 6.07 Å². The first kappa shape index (κ1) is 19.5. The van der Waals surface area contributed by atoms with Crippen LogP contribution in [0.15, 0.2) is 22.7 Å². The van der Waals surface area contributed by atoms with Crippen molar-refractivity contribution >= 4 is 33.7 Å². The fourth-order valence-corrected chi connectivity index (χ4v) is 2.72. The Morgan fingerprint density at radius 2 is 1.92 bits per heavy atom. The van der Waals surface area contributed by atoms with Gasteiger partial charge in [-0.1, -0.05) is 0 Å². The zero-order valence-electron chi connectivity index (χ0n) is 14.6. The maximum Gasteiger partial charge on any atom is 0.407 e. The number of ether oxygens (including phenoxy) is 1. The predicted octanol–water partition coefficient (Wildman–Crippen LogP) is 4.11. The van der Waals surface area contributed by atoms with Crippen molar-refractivity contribution in [2.45, 2.75) is 45.3 Å². The van der Waals surface area contributed by atoms with Gasteiger partial charge in [-0.2, -0.15) is 0 Å². The van der Waals surface area contributed by atoms with Crippen LogP contribution in [0.4, 0.5) is 19.7 Å². The number of hydrogen-bond donors (Lipinski definition) is 2. The van der Waals surface area contributed by atoms with E-state index in [1.807, 2.05) is 20.8 Å². The van der Waals surface area contributed by atoms with E-state index in [4.69, 9.17) is 4.74 Å². The summed E-state index contributed by atoms with van der Waals surface area (Å²) in [5, 5.41) is 5.50. The monoisotopic (exact) mass is 415 g/mol. The number of piperidine rings is 1. The van der Waals surface area contributed by atoms with Gasteiger partial charge >= 0.3 is 12.1 Å². The molecular formula is C17H23BrFN3O3. The van der Waals surface area contributed by atoms with Gasteiger partial charge in [0.15, 0.2) is 0 Å². The topological polar surface area (TPSA) is 70.7 Å². The number of hydrogen-bond acceptors (Lipinski definition) is 3. The Morgan fingerprint density at radius 3 is 2.48 bits per heavy atom. The van der Waals surface area contributed by atoms with E-state index in [-0.39, 0.29) is 12.1 Å². The highest BCUT2D eigenvalue weighted by Gasteiger charge is 2.25. The molecule has 1 saturated heterocycles. The Balaban J connectivity index is 1.80. The Bertz CT molecular complexity index is 641. The minimum Gasteiger partial charge on any atom is -0.444 e. The van der Waals surface area contributed by atoms with Crippen molar-refractivity contribution in [1.82, 2.24) is 10.2 Å². The van der Waals surface area contributed by atoms with E-state index in [2.05, 4.69) is 26.6 Å². The Kier molecular flexibility index (Phi) is 6.26. The Hall–Kier alpha value is -1.83. The van der Waals surface area contributed by atoms with E-state index in [0.29, 0.717) is 36.1 Å². The third kappa shape index (κ3) is 6.19. The van der Waals surface area contributed by atoms with E-state index in [9.17, 15) is 14.0 Å². The van der Waals surface area contributed by atoms with Gasteiger partial charge in [-0.15, -0.1) is 0 Å². The highest BCUT2D eigenvalue weighted by atomic mass is 79.9. The second kappa shape index (κ2) is 8.03. The predicted molar refractivity (Wildman–Crippen MR) is 97.1 cm³/mol. The SMILES string of the molecule is CC(C)(C)OC(=O)NC1CCN(C(=O)Nc2ccc(Br)c(F)c2)CC1. The highest BCUT2D eigenvalue weighted by Crippen LogP contribution is 2.20. The third-order valence-electron chi connectivity index (χ3n) is 3.67. The van der Waals surface area contributed by atoms with Crippen LogP contribution in [0.1, 0.15) is 33.6 Å². The number of alkyl carbamates (subject to hydrolysis) is 1. The molecule has 0 radical (unpaired) electrons. The van der Waals surface area contributed by atoms with Gasteiger partial charge in [0, 0.05) is 24.8 Å². The lowest BCUT2D eigenvalue weighted by Gasteiger charge is -2.32. The zero-order valence-corrected chi connectivity index (χ0v) is 16.2. The summed E-state index contributed by atoms with van der Waals surface area (Å²) in [7, 11) is 0. The average Bonchev–Trinajstić information content (AvgIpc) is 2.49. The van der Waals surface area contributed by atoms with Crippen LogP contribution < -0.4 is 10.6 Å². The van der Waals surface area contributed by atoms with Crippen LogP contribution in [0.2, 0.25) is 0 Å². The van der Waals surface area contributed by atoms with Crippen LogP contribution in [0, 0.1) is 5.82 Å². The summed E-state index contributed by atoms with van der Waals surface area (Å²) in [5.41, 5.74) is -0.135. The van der Waals surface area contributed by atoms with Gasteiger partial charge in [-0.3, -0.25) is 0 Å². The number of carbonyl (C=O) groups is 2. The number of nitrogens with zero attached hydrogens (tertiary/aromatic N) is 1. The van der Waals surface area contributed by atoms with Gasteiger partial charge in [-0.25, -0.2) is 14.0 Å². The summed E-state index contributed by atoms with van der Waals surface area (Å²) >= 11 is 3.07.